The van der Waals surface area contributed by atoms with Crippen LogP contribution in [0.2, 0.25) is 0 Å². The first-order valence-corrected chi connectivity index (χ1v) is 5.53. The Balaban J connectivity index is 2.08. The van der Waals surface area contributed by atoms with Crippen molar-refractivity contribution in [1.82, 2.24) is 9.78 Å². The molecular weight excluding hydrogens is 216 g/mol. The highest BCUT2D eigenvalue weighted by Gasteiger charge is 2.21. The number of anilines is 3. The third-order valence-electron chi connectivity index (χ3n) is 2.92. The quantitative estimate of drug-likeness (QED) is 0.755. The highest BCUT2D eigenvalue weighted by molar-refractivity contribution is 5.71. The maximum atomic E-state index is 5.76. The standard InChI is InChI=1S/C12H14N4O/c1-15-12(4-5-14-15)16-6-7-17-11-8-9(13)2-3-10(11)16/h2-5,8H,6-7,13H2,1H3. The Hall–Kier alpha value is -2.17. The number of hydrogen-bond acceptors (Lipinski definition) is 4. The van der Waals surface area contributed by atoms with Crippen molar-refractivity contribution in [2.24, 2.45) is 7.05 Å². The van der Waals surface area contributed by atoms with Gasteiger partial charge in [0.05, 0.1) is 18.4 Å². The van der Waals surface area contributed by atoms with Crippen LogP contribution in [-0.2, 0) is 7.05 Å². The molecule has 2 heterocycles. The predicted molar refractivity (Wildman–Crippen MR) is 66.6 cm³/mol. The molecule has 0 unspecified atom stereocenters. The zero-order chi connectivity index (χ0) is 11.8. The molecule has 0 aliphatic carbocycles. The number of nitrogens with two attached hydrogens (primary N) is 1. The molecular formula is C12H14N4O. The van der Waals surface area contributed by atoms with Crippen molar-refractivity contribution < 1.29 is 4.74 Å². The van der Waals surface area contributed by atoms with Gasteiger partial charge < -0.3 is 15.4 Å². The van der Waals surface area contributed by atoms with Crippen molar-refractivity contribution >= 4 is 17.2 Å². The van der Waals surface area contributed by atoms with Gasteiger partial charge in [-0.2, -0.15) is 5.10 Å². The van der Waals surface area contributed by atoms with E-state index in [-0.39, 0.29) is 0 Å². The number of fused-ring (bicyclic) bond motifs is 1. The van der Waals surface area contributed by atoms with E-state index in [4.69, 9.17) is 10.5 Å². The second-order valence-electron chi connectivity index (χ2n) is 4.04. The van der Waals surface area contributed by atoms with Gasteiger partial charge in [-0.15, -0.1) is 0 Å². The average Bonchev–Trinajstić information content (AvgIpc) is 2.74. The SMILES string of the molecule is Cn1nccc1N1CCOc2cc(N)ccc21. The molecule has 0 amide bonds. The van der Waals surface area contributed by atoms with E-state index in [0.717, 1.165) is 29.5 Å². The topological polar surface area (TPSA) is 56.3 Å². The van der Waals surface area contributed by atoms with Crippen LogP contribution in [0, 0.1) is 0 Å². The Morgan fingerprint density at radius 1 is 1.35 bits per heavy atom. The van der Waals surface area contributed by atoms with E-state index >= 15 is 0 Å². The Labute approximate surface area is 99.4 Å². The fraction of sp³-hybridized carbons (Fsp3) is 0.250. The fourth-order valence-electron chi connectivity index (χ4n) is 2.11. The van der Waals surface area contributed by atoms with Crippen molar-refractivity contribution in [2.75, 3.05) is 23.8 Å². The lowest BCUT2D eigenvalue weighted by molar-refractivity contribution is 0.313. The van der Waals surface area contributed by atoms with E-state index in [1.807, 2.05) is 36.0 Å². The van der Waals surface area contributed by atoms with Crippen molar-refractivity contribution in [1.29, 1.82) is 0 Å². The Morgan fingerprint density at radius 3 is 3.00 bits per heavy atom. The van der Waals surface area contributed by atoms with Crippen LogP contribution in [0.15, 0.2) is 30.5 Å². The normalized spacial score (nSPS) is 14.3. The molecule has 0 spiro atoms. The van der Waals surface area contributed by atoms with Gasteiger partial charge in [0.1, 0.15) is 18.2 Å². The molecule has 3 rings (SSSR count). The molecule has 0 bridgehead atoms. The highest BCUT2D eigenvalue weighted by Crippen LogP contribution is 2.37. The second-order valence-corrected chi connectivity index (χ2v) is 4.04. The van der Waals surface area contributed by atoms with Crippen LogP contribution in [0.5, 0.6) is 5.75 Å². The maximum absolute atomic E-state index is 5.76. The molecule has 1 aromatic heterocycles. The van der Waals surface area contributed by atoms with Gasteiger partial charge >= 0.3 is 0 Å². The van der Waals surface area contributed by atoms with Crippen molar-refractivity contribution in [3.8, 4) is 5.75 Å². The van der Waals surface area contributed by atoms with E-state index < -0.39 is 0 Å². The fourth-order valence-corrected chi connectivity index (χ4v) is 2.11. The zero-order valence-electron chi connectivity index (χ0n) is 9.63. The third kappa shape index (κ3) is 1.60. The van der Waals surface area contributed by atoms with Gasteiger partial charge in [-0.25, -0.2) is 0 Å². The maximum Gasteiger partial charge on any atom is 0.145 e. The monoisotopic (exact) mass is 230 g/mol. The van der Waals surface area contributed by atoms with Gasteiger partial charge in [-0.05, 0) is 12.1 Å². The summed E-state index contributed by atoms with van der Waals surface area (Å²) in [5.41, 5.74) is 7.51. The predicted octanol–water partition coefficient (Wildman–Crippen LogP) is 1.53. The lowest BCUT2D eigenvalue weighted by Crippen LogP contribution is -2.30. The Kier molecular flexibility index (Phi) is 2.18. The molecule has 17 heavy (non-hydrogen) atoms. The summed E-state index contributed by atoms with van der Waals surface area (Å²) in [6, 6.07) is 7.72. The molecule has 0 saturated carbocycles. The van der Waals surface area contributed by atoms with Gasteiger partial charge in [-0.1, -0.05) is 0 Å². The number of nitrogens with zero attached hydrogens (tertiary/aromatic N) is 3. The lowest BCUT2D eigenvalue weighted by Gasteiger charge is -2.30. The largest absolute Gasteiger partial charge is 0.489 e. The van der Waals surface area contributed by atoms with Crippen molar-refractivity contribution in [3.63, 3.8) is 0 Å². The average molecular weight is 230 g/mol. The van der Waals surface area contributed by atoms with E-state index in [0.29, 0.717) is 6.61 Å². The number of aromatic nitrogens is 2. The minimum Gasteiger partial charge on any atom is -0.489 e. The van der Waals surface area contributed by atoms with Crippen molar-refractivity contribution in [2.45, 2.75) is 0 Å². The van der Waals surface area contributed by atoms with Gasteiger partial charge in [0, 0.05) is 24.9 Å². The summed E-state index contributed by atoms with van der Waals surface area (Å²) in [5, 5.41) is 4.19. The van der Waals surface area contributed by atoms with Gasteiger partial charge in [0.15, 0.2) is 0 Å². The molecule has 88 valence electrons. The molecule has 0 fully saturated rings. The van der Waals surface area contributed by atoms with E-state index in [9.17, 15) is 0 Å². The Bertz CT molecular complexity index is 549. The third-order valence-corrected chi connectivity index (χ3v) is 2.92. The number of ether oxygens (including phenoxy) is 1. The molecule has 1 aliphatic heterocycles. The minimum atomic E-state index is 0.654. The number of nitrogen functional groups attached to an aromatic ring is 1. The summed E-state index contributed by atoms with van der Waals surface area (Å²) in [6.45, 7) is 1.47. The van der Waals surface area contributed by atoms with Crippen LogP contribution in [-0.4, -0.2) is 22.9 Å². The van der Waals surface area contributed by atoms with E-state index in [2.05, 4.69) is 10.00 Å². The summed E-state index contributed by atoms with van der Waals surface area (Å²) in [7, 11) is 1.93. The molecule has 1 aliphatic rings. The molecule has 0 atom stereocenters. The smallest absolute Gasteiger partial charge is 0.145 e. The van der Waals surface area contributed by atoms with E-state index in [1.54, 1.807) is 6.20 Å². The lowest BCUT2D eigenvalue weighted by atomic mass is 10.2. The summed E-state index contributed by atoms with van der Waals surface area (Å²) < 4.78 is 7.47. The van der Waals surface area contributed by atoms with Crippen LogP contribution >= 0.6 is 0 Å². The molecule has 5 heteroatoms. The Morgan fingerprint density at radius 2 is 2.24 bits per heavy atom. The van der Waals surface area contributed by atoms with Crippen LogP contribution < -0.4 is 15.4 Å². The van der Waals surface area contributed by atoms with Crippen LogP contribution in [0.1, 0.15) is 0 Å². The summed E-state index contributed by atoms with van der Waals surface area (Å²) in [5.74, 6) is 1.89. The number of benzene rings is 1. The van der Waals surface area contributed by atoms with Crippen LogP contribution in [0.25, 0.3) is 0 Å². The highest BCUT2D eigenvalue weighted by atomic mass is 16.5. The van der Waals surface area contributed by atoms with Crippen LogP contribution in [0.4, 0.5) is 17.2 Å². The molecule has 0 radical (unpaired) electrons. The first kappa shape index (κ1) is 10.0. The molecule has 5 nitrogen and oxygen atoms in total. The number of aryl methyl sites for hydroxylation is 1. The van der Waals surface area contributed by atoms with Gasteiger partial charge in [-0.3, -0.25) is 4.68 Å². The number of hydrogen-bond donors (Lipinski definition) is 1. The molecule has 2 N–H and O–H groups in total. The molecule has 1 aromatic carbocycles. The zero-order valence-corrected chi connectivity index (χ0v) is 9.63. The summed E-state index contributed by atoms with van der Waals surface area (Å²) in [6.07, 6.45) is 1.79. The first-order valence-electron chi connectivity index (χ1n) is 5.53. The van der Waals surface area contributed by atoms with Crippen LogP contribution in [0.3, 0.4) is 0 Å². The summed E-state index contributed by atoms with van der Waals surface area (Å²) in [4.78, 5) is 2.19. The van der Waals surface area contributed by atoms with Crippen molar-refractivity contribution in [3.05, 3.63) is 30.5 Å². The second kappa shape index (κ2) is 3.69. The number of rotatable bonds is 1. The van der Waals surface area contributed by atoms with Gasteiger partial charge in [0.2, 0.25) is 0 Å². The minimum absolute atomic E-state index is 0.654. The molecule has 0 saturated heterocycles. The van der Waals surface area contributed by atoms with E-state index in [1.165, 1.54) is 0 Å². The first-order chi connectivity index (χ1) is 8.25. The summed E-state index contributed by atoms with van der Waals surface area (Å²) >= 11 is 0. The molecule has 2 aromatic rings. The van der Waals surface area contributed by atoms with Gasteiger partial charge in [0.25, 0.3) is 0 Å².